The number of nitro benzene ring substituents is 1. The molecule has 1 heterocycles. The van der Waals surface area contributed by atoms with Gasteiger partial charge in [0.1, 0.15) is 0 Å². The van der Waals surface area contributed by atoms with Crippen LogP contribution in [0.3, 0.4) is 0 Å². The highest BCUT2D eigenvalue weighted by atomic mass is 19.1. The van der Waals surface area contributed by atoms with Crippen LogP contribution in [0.1, 0.15) is 16.1 Å². The molecule has 1 aromatic heterocycles. The number of hydrogen-bond donors (Lipinski definition) is 1. The van der Waals surface area contributed by atoms with Crippen LogP contribution in [0.15, 0.2) is 24.5 Å². The van der Waals surface area contributed by atoms with Gasteiger partial charge < -0.3 is 9.84 Å². The molecular weight excluding hydrogens is 285 g/mol. The largest absolute Gasteiger partial charge is 0.476 e. The number of carboxylic acid groups (broad SMARTS) is 1. The van der Waals surface area contributed by atoms with Gasteiger partial charge in [0.25, 0.3) is 5.69 Å². The Morgan fingerprint density at radius 3 is 2.76 bits per heavy atom. The van der Waals surface area contributed by atoms with Crippen LogP contribution in [-0.4, -0.2) is 26.0 Å². The number of hydrogen-bond acceptors (Lipinski definition) is 6. The van der Waals surface area contributed by atoms with Crippen LogP contribution in [-0.2, 0) is 0 Å². The highest BCUT2D eigenvalue weighted by Gasteiger charge is 2.17. The Balaban J connectivity index is 2.36. The maximum absolute atomic E-state index is 13.7. The molecule has 0 radical (unpaired) electrons. The van der Waals surface area contributed by atoms with E-state index in [9.17, 15) is 19.3 Å². The number of nitro groups is 1. The maximum Gasteiger partial charge on any atom is 0.356 e. The van der Waals surface area contributed by atoms with E-state index in [0.717, 1.165) is 24.5 Å². The minimum absolute atomic E-state index is 0.193. The molecular formula is C12H8FN3O5. The number of rotatable bonds is 4. The Hall–Kier alpha value is -3.10. The van der Waals surface area contributed by atoms with E-state index in [4.69, 9.17) is 9.84 Å². The van der Waals surface area contributed by atoms with Crippen molar-refractivity contribution in [1.82, 2.24) is 9.97 Å². The Labute approximate surface area is 117 Å². The van der Waals surface area contributed by atoms with Crippen molar-refractivity contribution in [2.45, 2.75) is 6.92 Å². The highest BCUT2D eigenvalue weighted by molar-refractivity contribution is 5.84. The van der Waals surface area contributed by atoms with Crippen LogP contribution in [0.5, 0.6) is 11.6 Å². The Bertz CT molecular complexity index is 735. The number of benzene rings is 1. The SMILES string of the molecule is Cc1cc(Oc2cncc(C(=O)O)n2)c(F)cc1[N+](=O)[O-]. The first-order valence-electron chi connectivity index (χ1n) is 5.56. The number of halogens is 1. The first kappa shape index (κ1) is 14.3. The molecule has 0 fully saturated rings. The van der Waals surface area contributed by atoms with E-state index in [1.807, 2.05) is 0 Å². The highest BCUT2D eigenvalue weighted by Crippen LogP contribution is 2.29. The van der Waals surface area contributed by atoms with E-state index in [0.29, 0.717) is 0 Å². The lowest BCUT2D eigenvalue weighted by Gasteiger charge is -2.07. The van der Waals surface area contributed by atoms with Crippen molar-refractivity contribution in [3.63, 3.8) is 0 Å². The number of carboxylic acids is 1. The van der Waals surface area contributed by atoms with Crippen LogP contribution in [0.2, 0.25) is 0 Å². The molecule has 0 aliphatic carbocycles. The van der Waals surface area contributed by atoms with E-state index in [1.165, 1.54) is 6.92 Å². The lowest BCUT2D eigenvalue weighted by atomic mass is 10.2. The smallest absolute Gasteiger partial charge is 0.356 e. The Morgan fingerprint density at radius 2 is 2.14 bits per heavy atom. The summed E-state index contributed by atoms with van der Waals surface area (Å²) in [5.74, 6) is -2.82. The van der Waals surface area contributed by atoms with Crippen molar-refractivity contribution in [1.29, 1.82) is 0 Å². The first-order valence-corrected chi connectivity index (χ1v) is 5.56. The number of aryl methyl sites for hydroxylation is 1. The summed E-state index contributed by atoms with van der Waals surface area (Å²) in [6.07, 6.45) is 2.11. The standard InChI is InChI=1S/C12H8FN3O5/c1-6-2-10(7(13)3-9(6)16(19)20)21-11-5-14-4-8(15-11)12(17)18/h2-5H,1H3,(H,17,18). The summed E-state index contributed by atoms with van der Waals surface area (Å²) in [5.41, 5.74) is -0.560. The number of nitrogens with zero attached hydrogens (tertiary/aromatic N) is 3. The van der Waals surface area contributed by atoms with Gasteiger partial charge in [0.2, 0.25) is 5.88 Å². The van der Waals surface area contributed by atoms with Crippen LogP contribution >= 0.6 is 0 Å². The fourth-order valence-electron chi connectivity index (χ4n) is 1.53. The van der Waals surface area contributed by atoms with Crippen molar-refractivity contribution in [2.75, 3.05) is 0 Å². The minimum Gasteiger partial charge on any atom is -0.476 e. The van der Waals surface area contributed by atoms with Crippen molar-refractivity contribution < 1.29 is 24.0 Å². The predicted octanol–water partition coefficient (Wildman–Crippen LogP) is 2.32. The predicted molar refractivity (Wildman–Crippen MR) is 66.9 cm³/mol. The summed E-state index contributed by atoms with van der Waals surface area (Å²) < 4.78 is 18.8. The fourth-order valence-corrected chi connectivity index (χ4v) is 1.53. The van der Waals surface area contributed by atoms with E-state index >= 15 is 0 Å². The second-order valence-electron chi connectivity index (χ2n) is 3.98. The van der Waals surface area contributed by atoms with Crippen LogP contribution in [0.4, 0.5) is 10.1 Å². The van der Waals surface area contributed by atoms with Gasteiger partial charge in [-0.25, -0.2) is 14.2 Å². The quantitative estimate of drug-likeness (QED) is 0.679. The molecule has 0 aliphatic rings. The average Bonchev–Trinajstić information content (AvgIpc) is 2.42. The Morgan fingerprint density at radius 1 is 1.43 bits per heavy atom. The van der Waals surface area contributed by atoms with Gasteiger partial charge in [-0.05, 0) is 13.0 Å². The lowest BCUT2D eigenvalue weighted by molar-refractivity contribution is -0.385. The van der Waals surface area contributed by atoms with Gasteiger partial charge in [0.05, 0.1) is 23.4 Å². The number of carbonyl (C=O) groups is 1. The second-order valence-corrected chi connectivity index (χ2v) is 3.98. The summed E-state index contributed by atoms with van der Waals surface area (Å²) in [6, 6.07) is 1.85. The van der Waals surface area contributed by atoms with Gasteiger partial charge in [-0.3, -0.25) is 15.1 Å². The third-order valence-electron chi connectivity index (χ3n) is 2.49. The van der Waals surface area contributed by atoms with Crippen LogP contribution in [0.25, 0.3) is 0 Å². The van der Waals surface area contributed by atoms with Crippen molar-refractivity contribution >= 4 is 11.7 Å². The summed E-state index contributed by atoms with van der Waals surface area (Å²) in [4.78, 5) is 27.9. The zero-order valence-corrected chi connectivity index (χ0v) is 10.6. The minimum atomic E-state index is -1.31. The number of aromatic carboxylic acids is 1. The van der Waals surface area contributed by atoms with Crippen molar-refractivity contribution in [3.05, 3.63) is 51.7 Å². The van der Waals surface area contributed by atoms with E-state index < -0.39 is 16.7 Å². The normalized spacial score (nSPS) is 10.2. The summed E-state index contributed by atoms with van der Waals surface area (Å²) >= 11 is 0. The molecule has 2 rings (SSSR count). The molecule has 1 N–H and O–H groups in total. The van der Waals surface area contributed by atoms with Gasteiger partial charge >= 0.3 is 5.97 Å². The summed E-state index contributed by atoms with van der Waals surface area (Å²) in [7, 11) is 0. The van der Waals surface area contributed by atoms with Crippen LogP contribution < -0.4 is 4.74 Å². The van der Waals surface area contributed by atoms with E-state index in [1.54, 1.807) is 0 Å². The maximum atomic E-state index is 13.7. The van der Waals surface area contributed by atoms with Gasteiger partial charge in [-0.1, -0.05) is 0 Å². The van der Waals surface area contributed by atoms with Gasteiger partial charge in [-0.2, -0.15) is 0 Å². The lowest BCUT2D eigenvalue weighted by Crippen LogP contribution is -2.03. The second kappa shape index (κ2) is 5.49. The molecule has 0 amide bonds. The molecule has 1 aromatic carbocycles. The molecule has 0 aliphatic heterocycles. The van der Waals surface area contributed by atoms with E-state index in [-0.39, 0.29) is 28.6 Å². The molecule has 0 saturated heterocycles. The molecule has 0 atom stereocenters. The Kier molecular flexibility index (Phi) is 3.74. The van der Waals surface area contributed by atoms with Gasteiger partial charge in [-0.15, -0.1) is 0 Å². The third kappa shape index (κ3) is 3.08. The summed E-state index contributed by atoms with van der Waals surface area (Å²) in [6.45, 7) is 1.42. The topological polar surface area (TPSA) is 115 Å². The zero-order valence-electron chi connectivity index (χ0n) is 10.6. The molecule has 21 heavy (non-hydrogen) atoms. The fraction of sp³-hybridized carbons (Fsp3) is 0.0833. The van der Waals surface area contributed by atoms with Gasteiger partial charge in [0.15, 0.2) is 17.3 Å². The number of ether oxygens (including phenoxy) is 1. The molecule has 9 heteroatoms. The third-order valence-corrected chi connectivity index (χ3v) is 2.49. The summed E-state index contributed by atoms with van der Waals surface area (Å²) in [5, 5.41) is 19.4. The van der Waals surface area contributed by atoms with E-state index in [2.05, 4.69) is 9.97 Å². The average molecular weight is 293 g/mol. The molecule has 0 unspecified atom stereocenters. The monoisotopic (exact) mass is 293 g/mol. The number of aromatic nitrogens is 2. The molecule has 0 bridgehead atoms. The molecule has 108 valence electrons. The van der Waals surface area contributed by atoms with Crippen LogP contribution in [0, 0.1) is 22.9 Å². The first-order chi connectivity index (χ1) is 9.88. The molecule has 2 aromatic rings. The molecule has 0 saturated carbocycles. The van der Waals surface area contributed by atoms with Crippen molar-refractivity contribution in [2.24, 2.45) is 0 Å². The molecule has 0 spiro atoms. The molecule has 8 nitrogen and oxygen atoms in total. The van der Waals surface area contributed by atoms with Crippen molar-refractivity contribution in [3.8, 4) is 11.6 Å². The van der Waals surface area contributed by atoms with Gasteiger partial charge in [0, 0.05) is 5.56 Å². The zero-order chi connectivity index (χ0) is 15.6.